The zero-order valence-corrected chi connectivity index (χ0v) is 81.8. The van der Waals surface area contributed by atoms with Crippen LogP contribution in [0.5, 0.6) is 11.5 Å². The van der Waals surface area contributed by atoms with E-state index < -0.39 is 30.6 Å². The fourth-order valence-corrected chi connectivity index (χ4v) is 9.21. The minimum atomic E-state index is -4.63. The van der Waals surface area contributed by atoms with E-state index in [-0.39, 0.29) is 59.6 Å². The predicted octanol–water partition coefficient (Wildman–Crippen LogP) is 25.9. The molecule has 0 aromatic heterocycles. The molecule has 6 rings (SSSR count). The largest absolute Gasteiger partial charge is 0.524 e. The number of hydrogen-bond donors (Lipinski definition) is 2. The maximum Gasteiger partial charge on any atom is 0.524 e. The molecule has 0 heterocycles. The van der Waals surface area contributed by atoms with Crippen molar-refractivity contribution >= 4 is 79.8 Å². The molecule has 6 aromatic carbocycles. The van der Waals surface area contributed by atoms with Gasteiger partial charge in [0.15, 0.2) is 23.1 Å². The molecule has 0 spiro atoms. The summed E-state index contributed by atoms with van der Waals surface area (Å²) in [5.41, 5.74) is 3.39. The van der Waals surface area contributed by atoms with Crippen LogP contribution in [-0.2, 0) is 80.9 Å². The van der Waals surface area contributed by atoms with Crippen LogP contribution in [0, 0.1) is 23.7 Å². The summed E-state index contributed by atoms with van der Waals surface area (Å²) >= 11 is 0. The average molecular weight is 1720 g/mol. The lowest BCUT2D eigenvalue weighted by Crippen LogP contribution is -2.27. The van der Waals surface area contributed by atoms with Gasteiger partial charge in [-0.15, -0.1) is 0 Å². The van der Waals surface area contributed by atoms with Gasteiger partial charge in [-0.25, -0.2) is 4.57 Å². The van der Waals surface area contributed by atoms with Gasteiger partial charge in [0.05, 0.1) is 18.7 Å². The molecule has 2 N–H and O–H groups in total. The summed E-state index contributed by atoms with van der Waals surface area (Å²) in [6, 6.07) is 51.6. The van der Waals surface area contributed by atoms with Gasteiger partial charge in [0.2, 0.25) is 0 Å². The van der Waals surface area contributed by atoms with E-state index in [1.54, 1.807) is 50.2 Å². The topological polar surface area (TPSA) is 282 Å². The molecule has 0 atom stereocenters. The van der Waals surface area contributed by atoms with E-state index in [4.69, 9.17) is 22.4 Å². The highest BCUT2D eigenvalue weighted by molar-refractivity contribution is 7.46. The standard InChI is InChI=1S/C13H16O3.C12H16O.C11H15O5P.C11H12O3.2C11H14O.C8H16O.C7H12O3.C4H10.4C3H8.C2H5B/c1-9(14)13(3,4)11-7-5-6-8-12(11)16-10(2)15;1-10(2)8-12(13)9-11-6-4-3-5-7-11;1-8(12)11(2,3)9-6-4-5-7-10(9)16-17(13,14)15;1-9(12)14-8-11(13)7-10-5-3-2-4-6-10;2*1-9(2)8-11(12)10-6-4-3-5-7-10;1-4-5-8(9)6-7(2)3;1-3-4-7(9)5-10-6(2)8;1-3-4-2;4*1-3-2;1-2-3/h5-8H,1-4H3;3-7,10H,8-9H2,1-2H3;4-7H,1-3H3,(H2,13,14,15);2-6H,7-8H2,1H3;2*3-7,9H,8H2,1-2H3;7H,4-6H2,1-3H3;3-5H2,1-2H3;3-4H2,1-2H3;4*3H2,1-2H3;2H2,1H3. The van der Waals surface area contributed by atoms with Gasteiger partial charge in [-0.2, -0.15) is 0 Å². The summed E-state index contributed by atoms with van der Waals surface area (Å²) in [4.78, 5) is 139. The second-order valence-corrected chi connectivity index (χ2v) is 32.4. The molecule has 18 nitrogen and oxygen atoms in total. The summed E-state index contributed by atoms with van der Waals surface area (Å²) in [5.74, 6) is 2.20. The third-order valence-electron chi connectivity index (χ3n) is 14.9. The van der Waals surface area contributed by atoms with Gasteiger partial charge in [0, 0.05) is 94.4 Å². The number of ether oxygens (including phenoxy) is 3. The van der Waals surface area contributed by atoms with Crippen LogP contribution in [0.15, 0.2) is 170 Å². The van der Waals surface area contributed by atoms with E-state index in [0.717, 1.165) is 59.8 Å². The summed E-state index contributed by atoms with van der Waals surface area (Å²) in [6.45, 7) is 57.4. The van der Waals surface area contributed by atoms with Crippen LogP contribution in [0.4, 0.5) is 0 Å². The molecule has 0 bridgehead atoms. The Morgan fingerprint density at radius 3 is 0.893 bits per heavy atom. The normalized spacial score (nSPS) is 9.84. The number of phosphoric acid groups is 1. The number of benzene rings is 6. The zero-order valence-electron chi connectivity index (χ0n) is 80.9. The van der Waals surface area contributed by atoms with E-state index in [2.05, 4.69) is 139 Å². The summed E-state index contributed by atoms with van der Waals surface area (Å²) < 4.78 is 29.6. The van der Waals surface area contributed by atoms with E-state index in [1.807, 2.05) is 162 Å². The Labute approximate surface area is 740 Å². The molecule has 0 saturated carbocycles. The predicted molar refractivity (Wildman–Crippen MR) is 508 cm³/mol. The first-order valence-electron chi connectivity index (χ1n) is 43.5. The first kappa shape index (κ1) is 129. The molecule has 122 heavy (non-hydrogen) atoms. The van der Waals surface area contributed by atoms with Gasteiger partial charge in [-0.1, -0.05) is 348 Å². The highest BCUT2D eigenvalue weighted by Gasteiger charge is 2.32. The van der Waals surface area contributed by atoms with E-state index in [9.17, 15) is 57.3 Å². The third-order valence-corrected chi connectivity index (χ3v) is 15.4. The molecule has 0 unspecified atom stereocenters. The van der Waals surface area contributed by atoms with Gasteiger partial charge in [-0.05, 0) is 101 Å². The van der Waals surface area contributed by atoms with Gasteiger partial charge >= 0.3 is 25.7 Å². The third kappa shape index (κ3) is 83.4. The maximum absolute atomic E-state index is 11.6. The van der Waals surface area contributed by atoms with Crippen molar-refractivity contribution in [3.63, 3.8) is 0 Å². The van der Waals surface area contributed by atoms with Crippen LogP contribution < -0.4 is 9.26 Å². The van der Waals surface area contributed by atoms with Crippen molar-refractivity contribution in [2.45, 2.75) is 328 Å². The highest BCUT2D eigenvalue weighted by atomic mass is 31.2. The Kier molecular flexibility index (Phi) is 87.6. The number of carbonyl (C=O) groups is 11. The number of Topliss-reactive ketones (excluding diaryl/α,β-unsaturated/α-hetero) is 8. The first-order chi connectivity index (χ1) is 57.1. The number of hydrogen-bond acceptors (Lipinski definition) is 16. The van der Waals surface area contributed by atoms with Gasteiger partial charge in [0.25, 0.3) is 0 Å². The van der Waals surface area contributed by atoms with Crippen LogP contribution in [0.2, 0.25) is 6.32 Å². The van der Waals surface area contributed by atoms with Gasteiger partial charge in [0.1, 0.15) is 47.8 Å². The number of unbranched alkanes of at least 4 members (excludes halogenated alkanes) is 1. The Hall–Kier alpha value is -8.90. The minimum absolute atomic E-state index is 0.0160. The van der Waals surface area contributed by atoms with Crippen molar-refractivity contribution in [3.05, 3.63) is 203 Å². The number of rotatable bonds is 30. The molecule has 0 aliphatic carbocycles. The molecular formula is C102H162BO18P. The average Bonchev–Trinajstić information content (AvgIpc) is 0.814. The number of ketones is 8. The van der Waals surface area contributed by atoms with Gasteiger partial charge in [-0.3, -0.25) is 62.5 Å². The molecule has 0 amide bonds. The fraction of sp³-hybridized carbons (Fsp3) is 0.539. The van der Waals surface area contributed by atoms with Crippen LogP contribution in [0.25, 0.3) is 0 Å². The van der Waals surface area contributed by atoms with Crippen molar-refractivity contribution < 1.29 is 85.8 Å². The number of phosphoric ester groups is 1. The second-order valence-electron chi connectivity index (χ2n) is 31.3. The lowest BCUT2D eigenvalue weighted by Gasteiger charge is -2.24. The fourth-order valence-electron chi connectivity index (χ4n) is 8.80. The van der Waals surface area contributed by atoms with Crippen molar-refractivity contribution in [3.8, 4) is 11.5 Å². The maximum atomic E-state index is 11.6. The Balaban J connectivity index is -0.000000198. The molecule has 686 valence electrons. The van der Waals surface area contributed by atoms with Crippen molar-refractivity contribution in [2.75, 3.05) is 13.2 Å². The number of para-hydroxylation sites is 2. The molecular weight excluding hydrogens is 1550 g/mol. The summed E-state index contributed by atoms with van der Waals surface area (Å²) in [6.07, 6.45) is 15.1. The number of carbonyl (C=O) groups excluding carboxylic acids is 11. The van der Waals surface area contributed by atoms with Crippen LogP contribution >= 0.6 is 7.82 Å². The first-order valence-corrected chi connectivity index (χ1v) is 45.0. The Bertz CT molecular complexity index is 3620. The van der Waals surface area contributed by atoms with Crippen LogP contribution in [0.1, 0.15) is 341 Å². The Morgan fingerprint density at radius 2 is 0.615 bits per heavy atom. The summed E-state index contributed by atoms with van der Waals surface area (Å²) in [7, 11) is 0.222. The monoisotopic (exact) mass is 1720 g/mol. The lowest BCUT2D eigenvalue weighted by atomic mass is 9.81. The van der Waals surface area contributed by atoms with Crippen LogP contribution in [0.3, 0.4) is 0 Å². The SMILES string of the molecule is CC(=O)C(C)(C)c1ccccc1OP(=O)(O)O.CC(=O)OCC(=O)Cc1ccccc1.CC(=O)Oc1ccccc1C(C)(C)C(C)=O.CC(C)CC(=O)Cc1ccccc1.CC(C)CC(=O)c1ccccc1.CC(C)CC(=O)c1ccccc1.CCC.CCC.CCC.CCC.CCCC.CCCC(=O)CC(C)C.CCCC(=O)COC(C)=O.[B]CC. The molecule has 0 saturated heterocycles. The van der Waals surface area contributed by atoms with E-state index >= 15 is 0 Å². The van der Waals surface area contributed by atoms with Crippen molar-refractivity contribution in [2.24, 2.45) is 23.7 Å². The number of esters is 3. The smallest absolute Gasteiger partial charge is 0.458 e. The zero-order chi connectivity index (χ0) is 95.8. The lowest BCUT2D eigenvalue weighted by molar-refractivity contribution is -0.145. The summed E-state index contributed by atoms with van der Waals surface area (Å²) in [5, 5.41) is 0. The second kappa shape index (κ2) is 83.0. The molecule has 0 fully saturated rings. The van der Waals surface area contributed by atoms with E-state index in [1.165, 1.54) is 79.2 Å². The minimum Gasteiger partial charge on any atom is -0.458 e. The molecule has 0 aliphatic rings. The van der Waals surface area contributed by atoms with Crippen LogP contribution in [-0.4, -0.2) is 95.0 Å². The highest BCUT2D eigenvalue weighted by Crippen LogP contribution is 2.42. The molecule has 6 aromatic rings. The van der Waals surface area contributed by atoms with Crippen molar-refractivity contribution in [1.82, 2.24) is 0 Å². The van der Waals surface area contributed by atoms with E-state index in [0.29, 0.717) is 85.1 Å². The Morgan fingerprint density at radius 1 is 0.352 bits per heavy atom. The molecule has 20 heteroatoms. The molecule has 2 radical (unpaired) electrons. The van der Waals surface area contributed by atoms with Crippen molar-refractivity contribution in [1.29, 1.82) is 0 Å². The molecule has 0 aliphatic heterocycles. The van der Waals surface area contributed by atoms with Gasteiger partial charge < -0.3 is 18.7 Å². The quantitative estimate of drug-likeness (QED) is 0.0139.